The second-order valence-corrected chi connectivity index (χ2v) is 5.63. The van der Waals surface area contributed by atoms with Crippen molar-refractivity contribution in [1.82, 2.24) is 9.97 Å². The maximum atomic E-state index is 4.75. The Morgan fingerprint density at radius 1 is 1.05 bits per heavy atom. The van der Waals surface area contributed by atoms with E-state index in [1.807, 2.05) is 0 Å². The van der Waals surface area contributed by atoms with Gasteiger partial charge in [-0.3, -0.25) is 0 Å². The van der Waals surface area contributed by atoms with E-state index >= 15 is 0 Å². The smallest absolute Gasteiger partial charge is 0.161 e. The number of nitrogens with one attached hydrogen (secondary N) is 1. The quantitative estimate of drug-likeness (QED) is 0.873. The average molecular weight is 283 g/mol. The Morgan fingerprint density at radius 2 is 1.71 bits per heavy atom. The van der Waals surface area contributed by atoms with Crippen LogP contribution in [-0.2, 0) is 6.42 Å². The van der Waals surface area contributed by atoms with Crippen molar-refractivity contribution in [3.05, 3.63) is 41.1 Å². The first-order valence-corrected chi connectivity index (χ1v) is 7.78. The molecular weight excluding hydrogens is 258 g/mol. The highest BCUT2D eigenvalue weighted by atomic mass is 15.0. The number of hydrogen-bond acceptors (Lipinski definition) is 3. The van der Waals surface area contributed by atoms with Gasteiger partial charge in [-0.2, -0.15) is 0 Å². The van der Waals surface area contributed by atoms with E-state index < -0.39 is 0 Å². The maximum Gasteiger partial charge on any atom is 0.161 e. The molecule has 2 aromatic rings. The molecule has 0 aliphatic heterocycles. The Bertz CT molecular complexity index is 601. The summed E-state index contributed by atoms with van der Waals surface area (Å²) in [5.41, 5.74) is 4.68. The molecule has 0 bridgehead atoms. The molecule has 112 valence electrons. The minimum Gasteiger partial charge on any atom is -0.370 e. The standard InChI is InChI=1S/C18H25N3/c1-6-14-8-10-15(11-9-14)17-20-13(5)16(12(3)4)18(21-17)19-7-2/h8-12H,6-7H2,1-5H3,(H,19,20,21). The van der Waals surface area contributed by atoms with Gasteiger partial charge in [-0.05, 0) is 31.7 Å². The zero-order valence-corrected chi connectivity index (χ0v) is 13.7. The number of rotatable bonds is 5. The number of hydrogen-bond donors (Lipinski definition) is 1. The lowest BCUT2D eigenvalue weighted by atomic mass is 10.0. The molecule has 0 aliphatic carbocycles. The third kappa shape index (κ3) is 3.41. The molecule has 0 saturated heterocycles. The summed E-state index contributed by atoms with van der Waals surface area (Å²) in [6, 6.07) is 8.52. The zero-order chi connectivity index (χ0) is 15.4. The van der Waals surface area contributed by atoms with E-state index in [2.05, 4.69) is 64.2 Å². The zero-order valence-electron chi connectivity index (χ0n) is 13.7. The van der Waals surface area contributed by atoms with Crippen LogP contribution in [-0.4, -0.2) is 16.5 Å². The number of nitrogens with zero attached hydrogens (tertiary/aromatic N) is 2. The maximum absolute atomic E-state index is 4.75. The molecule has 0 aliphatic rings. The van der Waals surface area contributed by atoms with Crippen molar-refractivity contribution >= 4 is 5.82 Å². The molecule has 0 unspecified atom stereocenters. The largest absolute Gasteiger partial charge is 0.370 e. The van der Waals surface area contributed by atoms with Crippen LogP contribution in [0.2, 0.25) is 0 Å². The summed E-state index contributed by atoms with van der Waals surface area (Å²) in [4.78, 5) is 9.46. The number of aryl methyl sites for hydroxylation is 2. The minimum atomic E-state index is 0.413. The Morgan fingerprint density at radius 3 is 2.24 bits per heavy atom. The summed E-state index contributed by atoms with van der Waals surface area (Å²) >= 11 is 0. The highest BCUT2D eigenvalue weighted by Crippen LogP contribution is 2.28. The molecule has 3 nitrogen and oxygen atoms in total. The van der Waals surface area contributed by atoms with Crippen LogP contribution in [0.25, 0.3) is 11.4 Å². The molecule has 1 aromatic carbocycles. The molecule has 1 N–H and O–H groups in total. The average Bonchev–Trinajstić information content (AvgIpc) is 2.46. The first-order valence-electron chi connectivity index (χ1n) is 7.78. The van der Waals surface area contributed by atoms with E-state index in [-0.39, 0.29) is 0 Å². The highest BCUT2D eigenvalue weighted by molar-refractivity contribution is 5.60. The predicted octanol–water partition coefficient (Wildman–Crippen LogP) is 4.57. The molecule has 1 heterocycles. The highest BCUT2D eigenvalue weighted by Gasteiger charge is 2.15. The van der Waals surface area contributed by atoms with Crippen molar-refractivity contribution < 1.29 is 0 Å². The van der Waals surface area contributed by atoms with Crippen molar-refractivity contribution in [2.24, 2.45) is 0 Å². The van der Waals surface area contributed by atoms with Gasteiger partial charge in [-0.1, -0.05) is 45.0 Å². The van der Waals surface area contributed by atoms with Crippen molar-refractivity contribution in [1.29, 1.82) is 0 Å². The van der Waals surface area contributed by atoms with E-state index in [9.17, 15) is 0 Å². The van der Waals surface area contributed by atoms with E-state index in [1.165, 1.54) is 11.1 Å². The molecule has 3 heteroatoms. The minimum absolute atomic E-state index is 0.413. The number of aromatic nitrogens is 2. The number of benzene rings is 1. The van der Waals surface area contributed by atoms with Gasteiger partial charge < -0.3 is 5.32 Å². The molecule has 21 heavy (non-hydrogen) atoms. The van der Waals surface area contributed by atoms with Crippen molar-refractivity contribution in [2.75, 3.05) is 11.9 Å². The van der Waals surface area contributed by atoms with Gasteiger partial charge in [0, 0.05) is 23.4 Å². The van der Waals surface area contributed by atoms with Gasteiger partial charge in [-0.25, -0.2) is 9.97 Å². The SMILES string of the molecule is CCNc1nc(-c2ccc(CC)cc2)nc(C)c1C(C)C. The Labute approximate surface area is 127 Å². The van der Waals surface area contributed by atoms with Gasteiger partial charge in [0.25, 0.3) is 0 Å². The summed E-state index contributed by atoms with van der Waals surface area (Å²) in [5.74, 6) is 2.18. The van der Waals surface area contributed by atoms with Crippen LogP contribution in [0.15, 0.2) is 24.3 Å². The molecule has 0 fully saturated rings. The Kier molecular flexibility index (Phi) is 4.94. The van der Waals surface area contributed by atoms with Crippen LogP contribution in [0.3, 0.4) is 0 Å². The molecule has 0 spiro atoms. The molecule has 0 atom stereocenters. The third-order valence-corrected chi connectivity index (χ3v) is 3.68. The first-order chi connectivity index (χ1) is 10.1. The van der Waals surface area contributed by atoms with Gasteiger partial charge in [0.2, 0.25) is 0 Å². The van der Waals surface area contributed by atoms with Crippen molar-refractivity contribution in [3.63, 3.8) is 0 Å². The molecule has 0 saturated carbocycles. The van der Waals surface area contributed by atoms with Gasteiger partial charge in [-0.15, -0.1) is 0 Å². The van der Waals surface area contributed by atoms with Gasteiger partial charge >= 0.3 is 0 Å². The fourth-order valence-electron chi connectivity index (χ4n) is 2.59. The van der Waals surface area contributed by atoms with Gasteiger partial charge in [0.1, 0.15) is 5.82 Å². The second kappa shape index (κ2) is 6.70. The lowest BCUT2D eigenvalue weighted by Gasteiger charge is -2.16. The van der Waals surface area contributed by atoms with Gasteiger partial charge in [0.15, 0.2) is 5.82 Å². The van der Waals surface area contributed by atoms with Crippen LogP contribution in [0.4, 0.5) is 5.82 Å². The third-order valence-electron chi connectivity index (χ3n) is 3.68. The van der Waals surface area contributed by atoms with E-state index in [0.717, 1.165) is 35.9 Å². The van der Waals surface area contributed by atoms with Crippen LogP contribution in [0.5, 0.6) is 0 Å². The molecule has 2 rings (SSSR count). The molecule has 0 amide bonds. The predicted molar refractivity (Wildman–Crippen MR) is 89.8 cm³/mol. The molecular formula is C18H25N3. The van der Waals surface area contributed by atoms with Crippen molar-refractivity contribution in [2.45, 2.75) is 47.0 Å². The van der Waals surface area contributed by atoms with Crippen LogP contribution in [0, 0.1) is 6.92 Å². The summed E-state index contributed by atoms with van der Waals surface area (Å²) in [5, 5.41) is 3.38. The lowest BCUT2D eigenvalue weighted by molar-refractivity contribution is 0.831. The summed E-state index contributed by atoms with van der Waals surface area (Å²) in [7, 11) is 0. The second-order valence-electron chi connectivity index (χ2n) is 5.63. The fraction of sp³-hybridized carbons (Fsp3) is 0.444. The van der Waals surface area contributed by atoms with Crippen LogP contribution >= 0.6 is 0 Å². The van der Waals surface area contributed by atoms with E-state index in [1.54, 1.807) is 0 Å². The van der Waals surface area contributed by atoms with Gasteiger partial charge in [0.05, 0.1) is 0 Å². The first kappa shape index (κ1) is 15.5. The number of anilines is 1. The fourth-order valence-corrected chi connectivity index (χ4v) is 2.59. The van der Waals surface area contributed by atoms with Crippen molar-refractivity contribution in [3.8, 4) is 11.4 Å². The van der Waals surface area contributed by atoms with Crippen LogP contribution in [0.1, 0.15) is 50.4 Å². The summed E-state index contributed by atoms with van der Waals surface area (Å²) in [6.45, 7) is 11.6. The molecule has 1 aromatic heterocycles. The van der Waals surface area contributed by atoms with E-state index in [4.69, 9.17) is 9.97 Å². The normalized spacial score (nSPS) is 11.0. The summed E-state index contributed by atoms with van der Waals surface area (Å²) in [6.07, 6.45) is 1.05. The summed E-state index contributed by atoms with van der Waals surface area (Å²) < 4.78 is 0. The monoisotopic (exact) mass is 283 g/mol. The topological polar surface area (TPSA) is 37.8 Å². The van der Waals surface area contributed by atoms with E-state index in [0.29, 0.717) is 5.92 Å². The lowest BCUT2D eigenvalue weighted by Crippen LogP contribution is -2.09. The molecule has 0 radical (unpaired) electrons. The van der Waals surface area contributed by atoms with Crippen LogP contribution < -0.4 is 5.32 Å². The Hall–Kier alpha value is -1.90. The Balaban J connectivity index is 2.49.